The van der Waals surface area contributed by atoms with Gasteiger partial charge in [-0.2, -0.15) is 10.2 Å². The Balaban J connectivity index is 1.48. The highest BCUT2D eigenvalue weighted by atomic mass is 32.1. The molecular weight excluding hydrogens is 458 g/mol. The summed E-state index contributed by atoms with van der Waals surface area (Å²) in [6.07, 6.45) is 2.06. The Morgan fingerprint density at radius 2 is 2.00 bits per heavy atom. The van der Waals surface area contributed by atoms with Crippen LogP contribution in [0.1, 0.15) is 17.0 Å². The maximum absolute atomic E-state index is 14.5. The summed E-state index contributed by atoms with van der Waals surface area (Å²) >= 11 is 1.50. The summed E-state index contributed by atoms with van der Waals surface area (Å²) < 4.78 is 35.3. The molecule has 1 aromatic carbocycles. The first-order valence-corrected chi connectivity index (χ1v) is 11.5. The minimum Gasteiger partial charge on any atom is -0.491 e. The number of aromatic nitrogens is 6. The van der Waals surface area contributed by atoms with Gasteiger partial charge >= 0.3 is 0 Å². The number of thiophene rings is 1. The first-order valence-electron chi connectivity index (χ1n) is 10.6. The molecule has 1 aliphatic rings. The van der Waals surface area contributed by atoms with Crippen molar-refractivity contribution >= 4 is 11.3 Å². The lowest BCUT2D eigenvalue weighted by molar-refractivity contribution is 0.325. The lowest BCUT2D eigenvalue weighted by Gasteiger charge is -2.09. The number of ether oxygens (including phenoxy) is 1. The molecule has 0 amide bonds. The molecule has 6 rings (SSSR count). The van der Waals surface area contributed by atoms with Crippen LogP contribution in [-0.4, -0.2) is 36.6 Å². The van der Waals surface area contributed by atoms with E-state index in [1.807, 2.05) is 32.0 Å². The summed E-state index contributed by atoms with van der Waals surface area (Å²) in [5.41, 5.74) is 5.55. The Labute approximate surface area is 197 Å². The molecular formula is C24H18F2N6OS. The smallest absolute Gasteiger partial charge is 0.173 e. The van der Waals surface area contributed by atoms with E-state index >= 15 is 0 Å². The first kappa shape index (κ1) is 20.7. The van der Waals surface area contributed by atoms with Gasteiger partial charge in [-0.15, -0.1) is 11.3 Å². The Hall–Kier alpha value is -3.92. The van der Waals surface area contributed by atoms with Crippen LogP contribution in [-0.2, 0) is 6.42 Å². The van der Waals surface area contributed by atoms with E-state index in [4.69, 9.17) is 9.72 Å². The molecule has 1 aliphatic heterocycles. The van der Waals surface area contributed by atoms with Crippen LogP contribution in [0.3, 0.4) is 0 Å². The Kier molecular flexibility index (Phi) is 4.77. The third kappa shape index (κ3) is 3.29. The molecule has 34 heavy (non-hydrogen) atoms. The van der Waals surface area contributed by atoms with Crippen molar-refractivity contribution in [2.75, 3.05) is 6.61 Å². The SMILES string of the molecule is Cc1n[nH]c(C)c1-c1ccc2c(n1)-c1sc(-c3ncnn3-c3ccc(F)cc3F)cc1CCO2. The van der Waals surface area contributed by atoms with Gasteiger partial charge in [0, 0.05) is 23.7 Å². The van der Waals surface area contributed by atoms with E-state index in [1.54, 1.807) is 0 Å². The van der Waals surface area contributed by atoms with Gasteiger partial charge in [-0.3, -0.25) is 5.10 Å². The van der Waals surface area contributed by atoms with Gasteiger partial charge in [0.25, 0.3) is 0 Å². The van der Waals surface area contributed by atoms with E-state index in [0.29, 0.717) is 24.6 Å². The zero-order valence-corrected chi connectivity index (χ0v) is 19.1. The van der Waals surface area contributed by atoms with Crippen molar-refractivity contribution in [1.29, 1.82) is 0 Å². The molecule has 0 radical (unpaired) electrons. The van der Waals surface area contributed by atoms with Crippen molar-refractivity contribution in [3.8, 4) is 44.0 Å². The van der Waals surface area contributed by atoms with Gasteiger partial charge in [-0.05, 0) is 49.7 Å². The highest BCUT2D eigenvalue weighted by Crippen LogP contribution is 2.43. The van der Waals surface area contributed by atoms with Crippen LogP contribution >= 0.6 is 11.3 Å². The summed E-state index contributed by atoms with van der Waals surface area (Å²) in [7, 11) is 0. The molecule has 5 aromatic rings. The van der Waals surface area contributed by atoms with Gasteiger partial charge in [-0.25, -0.2) is 23.4 Å². The van der Waals surface area contributed by atoms with Crippen LogP contribution in [0.4, 0.5) is 8.78 Å². The van der Waals surface area contributed by atoms with Crippen LogP contribution < -0.4 is 4.74 Å². The molecule has 0 aliphatic carbocycles. The third-order valence-corrected chi connectivity index (χ3v) is 6.98. The summed E-state index contributed by atoms with van der Waals surface area (Å²) in [5.74, 6) is -0.169. The van der Waals surface area contributed by atoms with Gasteiger partial charge in [-0.1, -0.05) is 0 Å². The van der Waals surface area contributed by atoms with Crippen LogP contribution in [0.15, 0.2) is 42.7 Å². The molecule has 7 nitrogen and oxygen atoms in total. The normalized spacial score (nSPS) is 12.7. The number of rotatable bonds is 3. The van der Waals surface area contributed by atoms with E-state index in [9.17, 15) is 8.78 Å². The second-order valence-electron chi connectivity index (χ2n) is 8.01. The summed E-state index contributed by atoms with van der Waals surface area (Å²) in [5, 5.41) is 11.5. The van der Waals surface area contributed by atoms with E-state index in [0.717, 1.165) is 49.7 Å². The second kappa shape index (κ2) is 7.84. The second-order valence-corrected chi connectivity index (χ2v) is 9.06. The molecule has 0 bridgehead atoms. The number of nitrogens with one attached hydrogen (secondary N) is 1. The zero-order chi connectivity index (χ0) is 23.4. The summed E-state index contributed by atoms with van der Waals surface area (Å²) in [6.45, 7) is 4.42. The molecule has 170 valence electrons. The maximum atomic E-state index is 14.5. The van der Waals surface area contributed by atoms with Gasteiger partial charge < -0.3 is 4.74 Å². The predicted molar refractivity (Wildman–Crippen MR) is 124 cm³/mol. The van der Waals surface area contributed by atoms with E-state index in [1.165, 1.54) is 34.5 Å². The number of pyridine rings is 1. The van der Waals surface area contributed by atoms with Crippen molar-refractivity contribution in [3.63, 3.8) is 0 Å². The zero-order valence-electron chi connectivity index (χ0n) is 18.3. The predicted octanol–water partition coefficient (Wildman–Crippen LogP) is 5.28. The average molecular weight is 477 g/mol. The highest BCUT2D eigenvalue weighted by molar-refractivity contribution is 7.19. The minimum absolute atomic E-state index is 0.132. The molecule has 0 fully saturated rings. The first-order chi connectivity index (χ1) is 16.5. The van der Waals surface area contributed by atoms with Gasteiger partial charge in [0.05, 0.1) is 27.7 Å². The van der Waals surface area contributed by atoms with Gasteiger partial charge in [0.1, 0.15) is 29.3 Å². The van der Waals surface area contributed by atoms with Crippen LogP contribution in [0.25, 0.3) is 38.2 Å². The van der Waals surface area contributed by atoms with Gasteiger partial charge in [0.15, 0.2) is 11.6 Å². The van der Waals surface area contributed by atoms with E-state index in [-0.39, 0.29) is 5.69 Å². The van der Waals surface area contributed by atoms with Crippen molar-refractivity contribution < 1.29 is 13.5 Å². The number of fused-ring (bicyclic) bond motifs is 3. The monoisotopic (exact) mass is 476 g/mol. The molecule has 1 N–H and O–H groups in total. The fraction of sp³-hybridized carbons (Fsp3) is 0.167. The van der Waals surface area contributed by atoms with E-state index in [2.05, 4.69) is 20.3 Å². The van der Waals surface area contributed by atoms with Crippen molar-refractivity contribution in [1.82, 2.24) is 29.9 Å². The molecule has 10 heteroatoms. The molecule has 0 unspecified atom stereocenters. The number of benzene rings is 1. The van der Waals surface area contributed by atoms with Crippen molar-refractivity contribution in [3.05, 3.63) is 71.3 Å². The minimum atomic E-state index is -0.708. The molecule has 0 saturated heterocycles. The third-order valence-electron chi connectivity index (χ3n) is 5.80. The lowest BCUT2D eigenvalue weighted by Crippen LogP contribution is -2.02. The Morgan fingerprint density at radius 3 is 2.79 bits per heavy atom. The highest BCUT2D eigenvalue weighted by Gasteiger charge is 2.24. The molecule has 0 atom stereocenters. The number of hydrogen-bond acceptors (Lipinski definition) is 6. The molecule has 4 aromatic heterocycles. The maximum Gasteiger partial charge on any atom is 0.173 e. The van der Waals surface area contributed by atoms with Crippen LogP contribution in [0.2, 0.25) is 0 Å². The standard InChI is InChI=1S/C24H18F2N6OS/c1-12-21(13(2)31-30-12)17-4-6-19-22(29-17)23-14(7-8-33-19)9-20(34-23)24-27-11-28-32(24)18-5-3-15(25)10-16(18)26/h3-6,9-11H,7-8H2,1-2H3,(H,30,31). The topological polar surface area (TPSA) is 81.5 Å². The number of H-pyrrole nitrogens is 1. The number of hydrogen-bond donors (Lipinski definition) is 1. The Morgan fingerprint density at radius 1 is 1.12 bits per heavy atom. The average Bonchev–Trinajstić information content (AvgIpc) is 3.51. The lowest BCUT2D eigenvalue weighted by atomic mass is 10.1. The largest absolute Gasteiger partial charge is 0.491 e. The number of aromatic amines is 1. The molecule has 5 heterocycles. The van der Waals surface area contributed by atoms with Crippen LogP contribution in [0, 0.1) is 25.5 Å². The molecule has 0 spiro atoms. The summed E-state index contributed by atoms with van der Waals surface area (Å²) in [6, 6.07) is 9.29. The molecule has 0 saturated carbocycles. The van der Waals surface area contributed by atoms with Crippen LogP contribution in [0.5, 0.6) is 5.75 Å². The number of aryl methyl sites for hydroxylation is 2. The Bertz CT molecular complexity index is 1530. The quantitative estimate of drug-likeness (QED) is 0.383. The van der Waals surface area contributed by atoms with Gasteiger partial charge in [0.2, 0.25) is 0 Å². The number of halogens is 2. The summed E-state index contributed by atoms with van der Waals surface area (Å²) in [4.78, 5) is 11.1. The number of nitrogens with zero attached hydrogens (tertiary/aromatic N) is 5. The van der Waals surface area contributed by atoms with Crippen molar-refractivity contribution in [2.24, 2.45) is 0 Å². The fourth-order valence-corrected chi connectivity index (χ4v) is 5.41. The fourth-order valence-electron chi connectivity index (χ4n) is 4.23. The van der Waals surface area contributed by atoms with Crippen molar-refractivity contribution in [2.45, 2.75) is 20.3 Å². The van der Waals surface area contributed by atoms with E-state index < -0.39 is 11.6 Å².